The minimum absolute atomic E-state index is 0.200. The van der Waals surface area contributed by atoms with Crippen molar-refractivity contribution in [2.24, 2.45) is 0 Å². The SMILES string of the molecule is C=C(C(=O)OCc1ccccc1)C(F)(F)F. The van der Waals surface area contributed by atoms with Gasteiger partial charge in [0.2, 0.25) is 0 Å². The molecule has 0 saturated carbocycles. The second-order valence-corrected chi connectivity index (χ2v) is 3.04. The first-order valence-corrected chi connectivity index (χ1v) is 4.38. The number of esters is 1. The fraction of sp³-hybridized carbons (Fsp3) is 0.182. The molecule has 5 heteroatoms. The van der Waals surface area contributed by atoms with Crippen LogP contribution in [0.1, 0.15) is 5.56 Å². The van der Waals surface area contributed by atoms with E-state index >= 15 is 0 Å². The van der Waals surface area contributed by atoms with Crippen molar-refractivity contribution in [2.75, 3.05) is 0 Å². The molecule has 1 aromatic carbocycles. The molecule has 0 fully saturated rings. The smallest absolute Gasteiger partial charge is 0.422 e. The van der Waals surface area contributed by atoms with Crippen LogP contribution in [0.25, 0.3) is 0 Å². The first-order chi connectivity index (χ1) is 7.41. The Balaban J connectivity index is 2.51. The molecule has 0 amide bonds. The van der Waals surface area contributed by atoms with E-state index in [9.17, 15) is 18.0 Å². The number of carbonyl (C=O) groups excluding carboxylic acids is 1. The first-order valence-electron chi connectivity index (χ1n) is 4.38. The van der Waals surface area contributed by atoms with Gasteiger partial charge in [-0.15, -0.1) is 0 Å². The average molecular weight is 230 g/mol. The molecule has 0 aromatic heterocycles. The molecule has 0 N–H and O–H groups in total. The van der Waals surface area contributed by atoms with Crippen molar-refractivity contribution in [3.8, 4) is 0 Å². The molecule has 0 aliphatic rings. The Hall–Kier alpha value is -1.78. The van der Waals surface area contributed by atoms with E-state index in [0.717, 1.165) is 0 Å². The van der Waals surface area contributed by atoms with Gasteiger partial charge < -0.3 is 4.74 Å². The van der Waals surface area contributed by atoms with Crippen LogP contribution in [0.4, 0.5) is 13.2 Å². The summed E-state index contributed by atoms with van der Waals surface area (Å²) in [4.78, 5) is 10.9. The van der Waals surface area contributed by atoms with Crippen LogP contribution in [0.15, 0.2) is 42.5 Å². The molecule has 1 aromatic rings. The van der Waals surface area contributed by atoms with E-state index in [-0.39, 0.29) is 6.61 Å². The van der Waals surface area contributed by atoms with Gasteiger partial charge in [-0.2, -0.15) is 13.2 Å². The first kappa shape index (κ1) is 12.3. The van der Waals surface area contributed by atoms with Gasteiger partial charge in [-0.25, -0.2) is 4.79 Å². The quantitative estimate of drug-likeness (QED) is 0.589. The number of hydrogen-bond donors (Lipinski definition) is 0. The molecular formula is C11H9F3O2. The Kier molecular flexibility index (Phi) is 3.71. The Bertz CT molecular complexity index is 382. The maximum absolute atomic E-state index is 12.0. The lowest BCUT2D eigenvalue weighted by Gasteiger charge is -2.09. The summed E-state index contributed by atoms with van der Waals surface area (Å²) in [6.45, 7) is 2.44. The fourth-order valence-electron chi connectivity index (χ4n) is 0.926. The standard InChI is InChI=1S/C11H9F3O2/c1-8(11(12,13)14)10(15)16-7-9-5-3-2-4-6-9/h2-6H,1,7H2. The lowest BCUT2D eigenvalue weighted by molar-refractivity contribution is -0.151. The summed E-state index contributed by atoms with van der Waals surface area (Å²) in [6, 6.07) is 8.43. The number of ether oxygens (including phenoxy) is 1. The predicted octanol–water partition coefficient (Wildman–Crippen LogP) is 2.85. The van der Waals surface area contributed by atoms with Gasteiger partial charge in [-0.3, -0.25) is 0 Å². The highest BCUT2D eigenvalue weighted by molar-refractivity contribution is 5.89. The Morgan fingerprint density at radius 3 is 2.31 bits per heavy atom. The monoisotopic (exact) mass is 230 g/mol. The van der Waals surface area contributed by atoms with Gasteiger partial charge in [0.1, 0.15) is 12.2 Å². The third-order valence-corrected chi connectivity index (χ3v) is 1.80. The number of hydrogen-bond acceptors (Lipinski definition) is 2. The average Bonchev–Trinajstić information content (AvgIpc) is 2.25. The van der Waals surface area contributed by atoms with E-state index in [1.165, 1.54) is 0 Å². The van der Waals surface area contributed by atoms with Gasteiger partial charge >= 0.3 is 12.1 Å². The van der Waals surface area contributed by atoms with Crippen LogP contribution >= 0.6 is 0 Å². The van der Waals surface area contributed by atoms with E-state index in [0.29, 0.717) is 5.56 Å². The molecule has 0 aliphatic carbocycles. The minimum atomic E-state index is -4.74. The van der Waals surface area contributed by atoms with E-state index in [2.05, 4.69) is 11.3 Å². The molecule has 16 heavy (non-hydrogen) atoms. The van der Waals surface area contributed by atoms with Gasteiger partial charge in [0.15, 0.2) is 0 Å². The summed E-state index contributed by atoms with van der Waals surface area (Å²) in [6.07, 6.45) is -4.74. The number of rotatable bonds is 3. The lowest BCUT2D eigenvalue weighted by Crippen LogP contribution is -2.20. The van der Waals surface area contributed by atoms with Gasteiger partial charge in [0.05, 0.1) is 0 Å². The van der Waals surface area contributed by atoms with Gasteiger partial charge in [-0.05, 0) is 5.56 Å². The molecule has 0 aliphatic heterocycles. The minimum Gasteiger partial charge on any atom is -0.457 e. The second-order valence-electron chi connectivity index (χ2n) is 3.04. The molecule has 0 saturated heterocycles. The third kappa shape index (κ3) is 3.42. The third-order valence-electron chi connectivity index (χ3n) is 1.80. The van der Waals surface area contributed by atoms with Crippen molar-refractivity contribution < 1.29 is 22.7 Å². The summed E-state index contributed by atoms with van der Waals surface area (Å²) in [5, 5.41) is 0. The molecule has 0 atom stereocenters. The van der Waals surface area contributed by atoms with Crippen LogP contribution in [0.5, 0.6) is 0 Å². The number of carbonyl (C=O) groups is 1. The van der Waals surface area contributed by atoms with E-state index in [1.807, 2.05) is 0 Å². The van der Waals surface area contributed by atoms with E-state index < -0.39 is 17.7 Å². The van der Waals surface area contributed by atoms with Gasteiger partial charge in [-0.1, -0.05) is 36.9 Å². The van der Waals surface area contributed by atoms with Crippen molar-refractivity contribution in [3.05, 3.63) is 48.0 Å². The van der Waals surface area contributed by atoms with Crippen LogP contribution in [0, 0.1) is 0 Å². The summed E-state index contributed by atoms with van der Waals surface area (Å²) in [5.41, 5.74) is -0.880. The molecule has 86 valence electrons. The van der Waals surface area contributed by atoms with Crippen molar-refractivity contribution in [1.82, 2.24) is 0 Å². The maximum Gasteiger partial charge on any atom is 0.422 e. The molecule has 0 heterocycles. The largest absolute Gasteiger partial charge is 0.457 e. The Labute approximate surface area is 90.3 Å². The van der Waals surface area contributed by atoms with Crippen LogP contribution < -0.4 is 0 Å². The Morgan fingerprint density at radius 1 is 1.25 bits per heavy atom. The zero-order valence-electron chi connectivity index (χ0n) is 8.25. The second kappa shape index (κ2) is 4.83. The maximum atomic E-state index is 12.0. The fourth-order valence-corrected chi connectivity index (χ4v) is 0.926. The predicted molar refractivity (Wildman–Crippen MR) is 51.4 cm³/mol. The van der Waals surface area contributed by atoms with E-state index in [1.54, 1.807) is 30.3 Å². The van der Waals surface area contributed by atoms with Crippen molar-refractivity contribution >= 4 is 5.97 Å². The highest BCUT2D eigenvalue weighted by Gasteiger charge is 2.37. The molecule has 0 spiro atoms. The summed E-state index contributed by atoms with van der Waals surface area (Å²) in [5.74, 6) is -1.45. The molecular weight excluding hydrogens is 221 g/mol. The molecule has 1 rings (SSSR count). The summed E-state index contributed by atoms with van der Waals surface area (Å²) < 4.78 is 40.5. The van der Waals surface area contributed by atoms with Gasteiger partial charge in [0.25, 0.3) is 0 Å². The Morgan fingerprint density at radius 2 is 1.81 bits per heavy atom. The van der Waals surface area contributed by atoms with Crippen LogP contribution in [0.3, 0.4) is 0 Å². The normalized spacial score (nSPS) is 10.9. The van der Waals surface area contributed by atoms with Crippen molar-refractivity contribution in [1.29, 1.82) is 0 Å². The number of benzene rings is 1. The molecule has 2 nitrogen and oxygen atoms in total. The van der Waals surface area contributed by atoms with Crippen LogP contribution in [-0.4, -0.2) is 12.1 Å². The topological polar surface area (TPSA) is 26.3 Å². The van der Waals surface area contributed by atoms with Crippen molar-refractivity contribution in [3.63, 3.8) is 0 Å². The zero-order chi connectivity index (χ0) is 12.2. The van der Waals surface area contributed by atoms with Gasteiger partial charge in [0, 0.05) is 0 Å². The van der Waals surface area contributed by atoms with Crippen molar-refractivity contribution in [2.45, 2.75) is 12.8 Å². The summed E-state index contributed by atoms with van der Waals surface area (Å²) in [7, 11) is 0. The molecule has 0 bridgehead atoms. The molecule has 0 unspecified atom stereocenters. The number of halogens is 3. The lowest BCUT2D eigenvalue weighted by atomic mass is 10.2. The molecule has 0 radical (unpaired) electrons. The van der Waals surface area contributed by atoms with Crippen LogP contribution in [0.2, 0.25) is 0 Å². The van der Waals surface area contributed by atoms with E-state index in [4.69, 9.17) is 0 Å². The highest BCUT2D eigenvalue weighted by Crippen LogP contribution is 2.25. The zero-order valence-corrected chi connectivity index (χ0v) is 8.25. The number of alkyl halides is 3. The van der Waals surface area contributed by atoms with Crippen LogP contribution in [-0.2, 0) is 16.1 Å². The summed E-state index contributed by atoms with van der Waals surface area (Å²) >= 11 is 0. The highest BCUT2D eigenvalue weighted by atomic mass is 19.4.